The zero-order chi connectivity index (χ0) is 13.1. The molecule has 1 N–H and O–H groups in total. The minimum absolute atomic E-state index is 0.00639. The number of carbonyl (C=O) groups is 1. The van der Waals surface area contributed by atoms with E-state index in [0.29, 0.717) is 16.4 Å². The number of carbonyl (C=O) groups excluding carboxylic acids is 1. The predicted molar refractivity (Wildman–Crippen MR) is 70.2 cm³/mol. The van der Waals surface area contributed by atoms with E-state index in [1.54, 1.807) is 13.0 Å². The van der Waals surface area contributed by atoms with Crippen molar-refractivity contribution in [2.24, 2.45) is 0 Å². The van der Waals surface area contributed by atoms with Crippen LogP contribution in [0.15, 0.2) is 45.2 Å². The number of H-pyrrole nitrogens is 1. The molecule has 0 radical (unpaired) electrons. The molecule has 0 aliphatic heterocycles. The van der Waals surface area contributed by atoms with Gasteiger partial charge in [0.1, 0.15) is 0 Å². The normalized spacial score (nSPS) is 10.3. The standard InChI is InChI=1S/C13H12N2O2S/c1-8-7-12(17)15-13(14-8)18-11-6-4-3-5-10(11)9(2)16/h3-7H,1-2H3,(H,14,15,17). The molecule has 1 aromatic carbocycles. The first-order chi connectivity index (χ1) is 8.56. The highest BCUT2D eigenvalue weighted by molar-refractivity contribution is 7.99. The number of aromatic amines is 1. The lowest BCUT2D eigenvalue weighted by molar-refractivity contribution is 0.101. The summed E-state index contributed by atoms with van der Waals surface area (Å²) in [5.41, 5.74) is 1.10. The second-order valence-corrected chi connectivity index (χ2v) is 4.88. The van der Waals surface area contributed by atoms with Gasteiger partial charge in [-0.15, -0.1) is 0 Å². The van der Waals surface area contributed by atoms with Gasteiger partial charge in [0.05, 0.1) is 0 Å². The van der Waals surface area contributed by atoms with Gasteiger partial charge in [0.2, 0.25) is 0 Å². The monoisotopic (exact) mass is 260 g/mol. The second-order valence-electron chi connectivity index (χ2n) is 3.85. The molecule has 0 aliphatic carbocycles. The lowest BCUT2D eigenvalue weighted by Crippen LogP contribution is -2.08. The van der Waals surface area contributed by atoms with Crippen LogP contribution in [-0.2, 0) is 0 Å². The summed E-state index contributed by atoms with van der Waals surface area (Å²) in [6.07, 6.45) is 0. The maximum absolute atomic E-state index is 11.5. The van der Waals surface area contributed by atoms with Crippen LogP contribution in [0.25, 0.3) is 0 Å². The molecule has 0 saturated carbocycles. The number of benzene rings is 1. The number of nitrogens with zero attached hydrogens (tertiary/aromatic N) is 1. The fourth-order valence-electron chi connectivity index (χ4n) is 1.55. The van der Waals surface area contributed by atoms with E-state index in [1.807, 2.05) is 18.2 Å². The molecule has 0 unspecified atom stereocenters. The van der Waals surface area contributed by atoms with E-state index in [2.05, 4.69) is 9.97 Å². The lowest BCUT2D eigenvalue weighted by atomic mass is 10.1. The molecule has 0 spiro atoms. The maximum atomic E-state index is 11.5. The second kappa shape index (κ2) is 5.18. The molecule has 0 fully saturated rings. The fourth-order valence-corrected chi connectivity index (χ4v) is 2.57. The molecule has 1 heterocycles. The molecule has 0 bridgehead atoms. The van der Waals surface area contributed by atoms with Crippen LogP contribution < -0.4 is 5.56 Å². The van der Waals surface area contributed by atoms with Gasteiger partial charge in [-0.25, -0.2) is 4.98 Å². The molecule has 18 heavy (non-hydrogen) atoms. The van der Waals surface area contributed by atoms with E-state index in [1.165, 1.54) is 24.8 Å². The highest BCUT2D eigenvalue weighted by Gasteiger charge is 2.09. The van der Waals surface area contributed by atoms with E-state index in [9.17, 15) is 9.59 Å². The van der Waals surface area contributed by atoms with Crippen LogP contribution in [0.2, 0.25) is 0 Å². The molecule has 4 nitrogen and oxygen atoms in total. The molecule has 92 valence electrons. The molecular formula is C13H12N2O2S. The molecule has 0 saturated heterocycles. The van der Waals surface area contributed by atoms with Gasteiger partial charge in [-0.1, -0.05) is 30.0 Å². The zero-order valence-electron chi connectivity index (χ0n) is 10.1. The summed E-state index contributed by atoms with van der Waals surface area (Å²) in [5, 5.41) is 0.494. The molecule has 1 aromatic heterocycles. The van der Waals surface area contributed by atoms with Crippen molar-refractivity contribution < 1.29 is 4.79 Å². The van der Waals surface area contributed by atoms with Gasteiger partial charge in [0, 0.05) is 22.2 Å². The van der Waals surface area contributed by atoms with Crippen molar-refractivity contribution in [1.29, 1.82) is 0 Å². The third-order valence-electron chi connectivity index (χ3n) is 2.32. The van der Waals surface area contributed by atoms with Crippen molar-refractivity contribution >= 4 is 17.5 Å². The van der Waals surface area contributed by atoms with Crippen molar-refractivity contribution in [3.05, 3.63) is 51.9 Å². The number of nitrogens with one attached hydrogen (secondary N) is 1. The number of hydrogen-bond donors (Lipinski definition) is 1. The smallest absolute Gasteiger partial charge is 0.251 e. The fraction of sp³-hybridized carbons (Fsp3) is 0.154. The van der Waals surface area contributed by atoms with E-state index in [-0.39, 0.29) is 11.3 Å². The molecule has 0 aliphatic rings. The number of aryl methyl sites for hydroxylation is 1. The van der Waals surface area contributed by atoms with Crippen LogP contribution in [0, 0.1) is 6.92 Å². The SMILES string of the molecule is CC(=O)c1ccccc1Sc1nc(C)cc(=O)[nH]1. The maximum Gasteiger partial charge on any atom is 0.251 e. The van der Waals surface area contributed by atoms with Crippen LogP contribution in [0.5, 0.6) is 0 Å². The van der Waals surface area contributed by atoms with Gasteiger partial charge in [-0.3, -0.25) is 9.59 Å². The van der Waals surface area contributed by atoms with Gasteiger partial charge in [0.25, 0.3) is 5.56 Å². The quantitative estimate of drug-likeness (QED) is 0.680. The number of Topliss-reactive ketones (excluding diaryl/α,β-unsaturated/α-hetero) is 1. The summed E-state index contributed by atoms with van der Waals surface area (Å²) in [5.74, 6) is -0.00639. The Hall–Kier alpha value is -1.88. The van der Waals surface area contributed by atoms with Crippen molar-refractivity contribution in [2.45, 2.75) is 23.9 Å². The van der Waals surface area contributed by atoms with Gasteiger partial charge in [-0.05, 0) is 19.9 Å². The zero-order valence-corrected chi connectivity index (χ0v) is 10.9. The average molecular weight is 260 g/mol. The first-order valence-corrected chi connectivity index (χ1v) is 6.23. The summed E-state index contributed by atoms with van der Waals surface area (Å²) in [6, 6.07) is 8.69. The molecule has 0 atom stereocenters. The summed E-state index contributed by atoms with van der Waals surface area (Å²) >= 11 is 1.28. The molecule has 0 amide bonds. The Balaban J connectivity index is 2.40. The van der Waals surface area contributed by atoms with Crippen molar-refractivity contribution in [3.8, 4) is 0 Å². The topological polar surface area (TPSA) is 62.8 Å². The third kappa shape index (κ3) is 2.87. The lowest BCUT2D eigenvalue weighted by Gasteiger charge is -2.05. The first kappa shape index (κ1) is 12.6. The highest BCUT2D eigenvalue weighted by Crippen LogP contribution is 2.27. The van der Waals surface area contributed by atoms with Crippen molar-refractivity contribution in [3.63, 3.8) is 0 Å². The first-order valence-electron chi connectivity index (χ1n) is 5.42. The predicted octanol–water partition coefficient (Wildman–Crippen LogP) is 2.43. The molecule has 2 rings (SSSR count). The number of ketones is 1. The molecule has 2 aromatic rings. The molecular weight excluding hydrogens is 248 g/mol. The van der Waals surface area contributed by atoms with Crippen LogP contribution in [0.3, 0.4) is 0 Å². The van der Waals surface area contributed by atoms with Gasteiger partial charge >= 0.3 is 0 Å². The van der Waals surface area contributed by atoms with Gasteiger partial charge < -0.3 is 4.98 Å². The van der Waals surface area contributed by atoms with E-state index in [0.717, 1.165) is 4.90 Å². The van der Waals surface area contributed by atoms with E-state index >= 15 is 0 Å². The Bertz CT molecular complexity index is 649. The Morgan fingerprint density at radius 2 is 2.06 bits per heavy atom. The van der Waals surface area contributed by atoms with Crippen molar-refractivity contribution in [2.75, 3.05) is 0 Å². The molecule has 5 heteroatoms. The van der Waals surface area contributed by atoms with Crippen LogP contribution in [-0.4, -0.2) is 15.8 Å². The number of aromatic nitrogens is 2. The van der Waals surface area contributed by atoms with E-state index < -0.39 is 0 Å². The summed E-state index contributed by atoms with van der Waals surface area (Å²) < 4.78 is 0. The van der Waals surface area contributed by atoms with Crippen LogP contribution >= 0.6 is 11.8 Å². The Labute approximate surface area is 108 Å². The highest BCUT2D eigenvalue weighted by atomic mass is 32.2. The van der Waals surface area contributed by atoms with Crippen LogP contribution in [0.4, 0.5) is 0 Å². The minimum atomic E-state index is -0.190. The minimum Gasteiger partial charge on any atom is -0.301 e. The largest absolute Gasteiger partial charge is 0.301 e. The Morgan fingerprint density at radius 3 is 2.72 bits per heavy atom. The van der Waals surface area contributed by atoms with Gasteiger partial charge in [0.15, 0.2) is 10.9 Å². The van der Waals surface area contributed by atoms with Crippen LogP contribution in [0.1, 0.15) is 23.0 Å². The summed E-state index contributed by atoms with van der Waals surface area (Å²) in [7, 11) is 0. The van der Waals surface area contributed by atoms with Gasteiger partial charge in [-0.2, -0.15) is 0 Å². The summed E-state index contributed by atoms with van der Waals surface area (Å²) in [6.45, 7) is 3.28. The third-order valence-corrected chi connectivity index (χ3v) is 3.28. The van der Waals surface area contributed by atoms with Crippen molar-refractivity contribution in [1.82, 2.24) is 9.97 Å². The Morgan fingerprint density at radius 1 is 1.33 bits per heavy atom. The Kier molecular flexibility index (Phi) is 3.62. The van der Waals surface area contributed by atoms with E-state index in [4.69, 9.17) is 0 Å². The summed E-state index contributed by atoms with van der Waals surface area (Å²) in [4.78, 5) is 30.5. The number of hydrogen-bond acceptors (Lipinski definition) is 4. The average Bonchev–Trinajstić information content (AvgIpc) is 2.27. The number of rotatable bonds is 3.